The van der Waals surface area contributed by atoms with E-state index in [-0.39, 0.29) is 5.91 Å². The number of likely N-dealkylation sites (tertiary alicyclic amines) is 1. The van der Waals surface area contributed by atoms with Crippen LogP contribution in [0.1, 0.15) is 31.2 Å². The fraction of sp³-hybridized carbons (Fsp3) is 0.562. The SMILES string of the molecule is O=C1CC(Br)CN1c1ccc(CN2CCCCC2)cc1. The van der Waals surface area contributed by atoms with Gasteiger partial charge in [-0.15, -0.1) is 0 Å². The highest BCUT2D eigenvalue weighted by molar-refractivity contribution is 9.09. The second-order valence-corrected chi connectivity index (χ2v) is 7.10. The lowest BCUT2D eigenvalue weighted by Crippen LogP contribution is -2.29. The fourth-order valence-electron chi connectivity index (χ4n) is 3.07. The Hall–Kier alpha value is -0.870. The number of carbonyl (C=O) groups is 1. The summed E-state index contributed by atoms with van der Waals surface area (Å²) in [6.45, 7) is 4.26. The minimum absolute atomic E-state index is 0.218. The summed E-state index contributed by atoms with van der Waals surface area (Å²) < 4.78 is 0. The third kappa shape index (κ3) is 3.23. The molecule has 0 radical (unpaired) electrons. The zero-order valence-corrected chi connectivity index (χ0v) is 13.3. The molecule has 1 aromatic rings. The van der Waals surface area contributed by atoms with Gasteiger partial charge in [-0.05, 0) is 43.6 Å². The smallest absolute Gasteiger partial charge is 0.228 e. The number of nitrogens with zero attached hydrogens (tertiary/aromatic N) is 2. The standard InChI is InChI=1S/C16H21BrN2O/c17-14-10-16(20)19(12-14)15-6-4-13(5-7-15)11-18-8-2-1-3-9-18/h4-7,14H,1-3,8-12H2. The number of anilines is 1. The van der Waals surface area contributed by atoms with E-state index in [9.17, 15) is 4.79 Å². The molecule has 0 N–H and O–H groups in total. The summed E-state index contributed by atoms with van der Waals surface area (Å²) in [6.07, 6.45) is 4.63. The van der Waals surface area contributed by atoms with Gasteiger partial charge in [-0.2, -0.15) is 0 Å². The summed E-state index contributed by atoms with van der Waals surface area (Å²) in [7, 11) is 0. The molecule has 2 saturated heterocycles. The molecule has 108 valence electrons. The number of amides is 1. The van der Waals surface area contributed by atoms with Crippen LogP contribution in [-0.2, 0) is 11.3 Å². The Bertz CT molecular complexity index is 468. The molecule has 2 aliphatic heterocycles. The number of benzene rings is 1. The van der Waals surface area contributed by atoms with Crippen LogP contribution in [-0.4, -0.2) is 35.3 Å². The second kappa shape index (κ2) is 6.27. The Labute approximate surface area is 129 Å². The van der Waals surface area contributed by atoms with Crippen molar-refractivity contribution in [2.45, 2.75) is 37.1 Å². The molecule has 2 heterocycles. The van der Waals surface area contributed by atoms with E-state index in [0.717, 1.165) is 18.8 Å². The Morgan fingerprint density at radius 1 is 1.10 bits per heavy atom. The van der Waals surface area contributed by atoms with E-state index in [0.29, 0.717) is 11.2 Å². The van der Waals surface area contributed by atoms with Gasteiger partial charge in [-0.3, -0.25) is 9.69 Å². The average Bonchev–Trinajstić information content (AvgIpc) is 2.80. The van der Waals surface area contributed by atoms with Gasteiger partial charge >= 0.3 is 0 Å². The number of alkyl halides is 1. The lowest BCUT2D eigenvalue weighted by Gasteiger charge is -2.26. The highest BCUT2D eigenvalue weighted by atomic mass is 79.9. The summed E-state index contributed by atoms with van der Waals surface area (Å²) in [6, 6.07) is 8.50. The van der Waals surface area contributed by atoms with Crippen molar-refractivity contribution in [1.29, 1.82) is 0 Å². The topological polar surface area (TPSA) is 23.6 Å². The van der Waals surface area contributed by atoms with Crippen LogP contribution in [0.3, 0.4) is 0 Å². The molecular formula is C16H21BrN2O. The van der Waals surface area contributed by atoms with Crippen LogP contribution in [0.5, 0.6) is 0 Å². The maximum absolute atomic E-state index is 11.9. The Morgan fingerprint density at radius 2 is 1.80 bits per heavy atom. The average molecular weight is 337 g/mol. The molecule has 3 nitrogen and oxygen atoms in total. The first-order valence-electron chi connectivity index (χ1n) is 7.48. The molecule has 0 saturated carbocycles. The summed E-state index contributed by atoms with van der Waals surface area (Å²) in [5, 5.41) is 0. The number of rotatable bonds is 3. The van der Waals surface area contributed by atoms with Crippen LogP contribution in [0.25, 0.3) is 0 Å². The molecule has 1 amide bonds. The van der Waals surface area contributed by atoms with E-state index < -0.39 is 0 Å². The molecule has 2 fully saturated rings. The molecule has 0 aromatic heterocycles. The molecule has 3 rings (SSSR count). The van der Waals surface area contributed by atoms with Gasteiger partial charge in [-0.25, -0.2) is 0 Å². The predicted octanol–water partition coefficient (Wildman–Crippen LogP) is 3.17. The molecule has 1 atom stereocenters. The van der Waals surface area contributed by atoms with Crippen LogP contribution in [0.15, 0.2) is 24.3 Å². The van der Waals surface area contributed by atoms with Crippen molar-refractivity contribution in [3.63, 3.8) is 0 Å². The third-order valence-corrected chi connectivity index (χ3v) is 4.79. The minimum Gasteiger partial charge on any atom is -0.311 e. The van der Waals surface area contributed by atoms with Crippen molar-refractivity contribution >= 4 is 27.5 Å². The maximum atomic E-state index is 11.9. The molecule has 2 aliphatic rings. The van der Waals surface area contributed by atoms with Gasteiger partial charge in [0.25, 0.3) is 0 Å². The minimum atomic E-state index is 0.218. The van der Waals surface area contributed by atoms with Gasteiger partial charge in [0, 0.05) is 30.0 Å². The van der Waals surface area contributed by atoms with E-state index in [1.54, 1.807) is 0 Å². The molecule has 1 aromatic carbocycles. The molecule has 1 unspecified atom stereocenters. The molecule has 20 heavy (non-hydrogen) atoms. The molecule has 0 bridgehead atoms. The van der Waals surface area contributed by atoms with Crippen LogP contribution >= 0.6 is 15.9 Å². The van der Waals surface area contributed by atoms with Crippen LogP contribution < -0.4 is 4.90 Å². The summed E-state index contributed by atoms with van der Waals surface area (Å²) in [5.74, 6) is 0.218. The molecule has 0 aliphatic carbocycles. The van der Waals surface area contributed by atoms with Crippen molar-refractivity contribution in [2.75, 3.05) is 24.5 Å². The monoisotopic (exact) mass is 336 g/mol. The van der Waals surface area contributed by atoms with Crippen LogP contribution in [0.2, 0.25) is 0 Å². The maximum Gasteiger partial charge on any atom is 0.228 e. The Kier molecular flexibility index (Phi) is 4.41. The first-order valence-corrected chi connectivity index (χ1v) is 8.40. The first kappa shape index (κ1) is 14.1. The third-order valence-electron chi connectivity index (χ3n) is 4.18. The van der Waals surface area contributed by atoms with E-state index in [1.807, 2.05) is 4.90 Å². The fourth-order valence-corrected chi connectivity index (χ4v) is 3.64. The van der Waals surface area contributed by atoms with Gasteiger partial charge in [0.05, 0.1) is 0 Å². The van der Waals surface area contributed by atoms with Crippen molar-refractivity contribution in [2.24, 2.45) is 0 Å². The highest BCUT2D eigenvalue weighted by Crippen LogP contribution is 2.25. The van der Waals surface area contributed by atoms with Gasteiger partial charge in [-0.1, -0.05) is 34.5 Å². The predicted molar refractivity (Wildman–Crippen MR) is 85.3 cm³/mol. The highest BCUT2D eigenvalue weighted by Gasteiger charge is 2.28. The number of halogens is 1. The quantitative estimate of drug-likeness (QED) is 0.791. The van der Waals surface area contributed by atoms with Gasteiger partial charge in [0.1, 0.15) is 0 Å². The lowest BCUT2D eigenvalue weighted by atomic mass is 10.1. The van der Waals surface area contributed by atoms with Gasteiger partial charge in [0.15, 0.2) is 0 Å². The van der Waals surface area contributed by atoms with E-state index in [2.05, 4.69) is 45.1 Å². The van der Waals surface area contributed by atoms with E-state index in [1.165, 1.54) is 37.9 Å². The zero-order valence-electron chi connectivity index (χ0n) is 11.7. The van der Waals surface area contributed by atoms with Gasteiger partial charge < -0.3 is 4.90 Å². The molecule has 4 heteroatoms. The van der Waals surface area contributed by atoms with E-state index in [4.69, 9.17) is 0 Å². The van der Waals surface area contributed by atoms with Crippen molar-refractivity contribution in [3.05, 3.63) is 29.8 Å². The van der Waals surface area contributed by atoms with Crippen LogP contribution in [0.4, 0.5) is 5.69 Å². The number of carbonyl (C=O) groups excluding carboxylic acids is 1. The van der Waals surface area contributed by atoms with Crippen molar-refractivity contribution < 1.29 is 4.79 Å². The van der Waals surface area contributed by atoms with Crippen molar-refractivity contribution in [1.82, 2.24) is 4.90 Å². The van der Waals surface area contributed by atoms with E-state index >= 15 is 0 Å². The normalized spacial score (nSPS) is 24.4. The Balaban J connectivity index is 1.63. The van der Waals surface area contributed by atoms with Crippen LogP contribution in [0, 0.1) is 0 Å². The number of piperidine rings is 1. The van der Waals surface area contributed by atoms with Crippen molar-refractivity contribution in [3.8, 4) is 0 Å². The lowest BCUT2D eigenvalue weighted by molar-refractivity contribution is -0.117. The summed E-state index contributed by atoms with van der Waals surface area (Å²) >= 11 is 3.53. The summed E-state index contributed by atoms with van der Waals surface area (Å²) in [5.41, 5.74) is 2.37. The van der Waals surface area contributed by atoms with Gasteiger partial charge in [0.2, 0.25) is 5.91 Å². The second-order valence-electron chi connectivity index (χ2n) is 5.81. The number of hydrogen-bond acceptors (Lipinski definition) is 2. The zero-order chi connectivity index (χ0) is 13.9. The largest absolute Gasteiger partial charge is 0.311 e. The summed E-state index contributed by atoms with van der Waals surface area (Å²) in [4.78, 5) is 16.6. The first-order chi connectivity index (χ1) is 9.72. The molecular weight excluding hydrogens is 316 g/mol. The number of hydrogen-bond donors (Lipinski definition) is 0. The Morgan fingerprint density at radius 3 is 2.40 bits per heavy atom. The molecule has 0 spiro atoms.